The smallest absolute Gasteiger partial charge is 0.192 e. The van der Waals surface area contributed by atoms with Gasteiger partial charge in [-0.25, -0.2) is 4.39 Å². The molecule has 3 nitrogen and oxygen atoms in total. The molecule has 0 aromatic heterocycles. The maximum atomic E-state index is 13.2. The van der Waals surface area contributed by atoms with Crippen LogP contribution in [-0.4, -0.2) is 23.9 Å². The topological polar surface area (TPSA) is 41.6 Å². The van der Waals surface area contributed by atoms with Gasteiger partial charge in [0.1, 0.15) is 5.82 Å². The van der Waals surface area contributed by atoms with Gasteiger partial charge in [0.2, 0.25) is 0 Å². The van der Waals surface area contributed by atoms with E-state index < -0.39 is 0 Å². The van der Waals surface area contributed by atoms with E-state index >= 15 is 0 Å². The fraction of sp³-hybridized carbons (Fsp3) is 0.462. The first kappa shape index (κ1) is 13.3. The predicted molar refractivity (Wildman–Crippen MR) is 74.9 cm³/mol. The van der Waals surface area contributed by atoms with Crippen LogP contribution in [0.5, 0.6) is 0 Å². The van der Waals surface area contributed by atoms with Crippen molar-refractivity contribution in [1.29, 1.82) is 0 Å². The number of guanidine groups is 1. The Morgan fingerprint density at radius 1 is 1.56 bits per heavy atom. The summed E-state index contributed by atoms with van der Waals surface area (Å²) in [6.07, 6.45) is 0.991. The van der Waals surface area contributed by atoms with Crippen LogP contribution in [0.4, 0.5) is 4.39 Å². The normalized spacial score (nSPS) is 23.3. The van der Waals surface area contributed by atoms with E-state index in [-0.39, 0.29) is 11.4 Å². The van der Waals surface area contributed by atoms with Crippen LogP contribution in [0.25, 0.3) is 0 Å². The molecule has 0 bridgehead atoms. The van der Waals surface area contributed by atoms with Crippen molar-refractivity contribution in [2.75, 3.05) is 13.1 Å². The molecule has 5 heteroatoms. The zero-order valence-corrected chi connectivity index (χ0v) is 12.2. The van der Waals surface area contributed by atoms with Gasteiger partial charge in [-0.05, 0) is 31.0 Å². The van der Waals surface area contributed by atoms with Gasteiger partial charge >= 0.3 is 0 Å². The lowest BCUT2D eigenvalue weighted by Gasteiger charge is -2.37. The van der Waals surface area contributed by atoms with Crippen LogP contribution < -0.4 is 5.73 Å². The Morgan fingerprint density at radius 3 is 2.89 bits per heavy atom. The van der Waals surface area contributed by atoms with Gasteiger partial charge in [-0.15, -0.1) is 0 Å². The number of rotatable bonds is 3. The maximum Gasteiger partial charge on any atom is 0.192 e. The van der Waals surface area contributed by atoms with Crippen molar-refractivity contribution in [2.24, 2.45) is 10.7 Å². The monoisotopic (exact) mass is 313 g/mol. The van der Waals surface area contributed by atoms with Gasteiger partial charge < -0.3 is 10.6 Å². The average Bonchev–Trinajstić information content (AvgIpc) is 2.58. The van der Waals surface area contributed by atoms with Gasteiger partial charge in [-0.1, -0.05) is 28.9 Å². The molecule has 0 radical (unpaired) electrons. The first-order valence-corrected chi connectivity index (χ1v) is 6.81. The van der Waals surface area contributed by atoms with Crippen molar-refractivity contribution >= 4 is 21.9 Å². The molecule has 1 aliphatic heterocycles. The molecule has 0 amide bonds. The second-order valence-electron chi connectivity index (χ2n) is 4.72. The molecule has 2 rings (SSSR count). The van der Waals surface area contributed by atoms with E-state index in [1.54, 1.807) is 6.07 Å². The van der Waals surface area contributed by atoms with E-state index in [9.17, 15) is 4.39 Å². The number of nitrogens with two attached hydrogens (primary N) is 1. The van der Waals surface area contributed by atoms with E-state index in [0.29, 0.717) is 12.5 Å². The minimum absolute atomic E-state index is 0.247. The summed E-state index contributed by atoms with van der Waals surface area (Å²) in [5.41, 5.74) is 6.66. The highest BCUT2D eigenvalue weighted by molar-refractivity contribution is 9.10. The lowest BCUT2D eigenvalue weighted by Crippen LogP contribution is -2.47. The van der Waals surface area contributed by atoms with Gasteiger partial charge in [0.05, 0.1) is 12.1 Å². The van der Waals surface area contributed by atoms with E-state index in [4.69, 9.17) is 5.73 Å². The first-order valence-electron chi connectivity index (χ1n) is 6.02. The summed E-state index contributed by atoms with van der Waals surface area (Å²) in [7, 11) is 0. The van der Waals surface area contributed by atoms with E-state index in [1.807, 2.05) is 0 Å². The Kier molecular flexibility index (Phi) is 3.61. The number of benzene rings is 1. The number of nitrogens with zero attached hydrogens (tertiary/aromatic N) is 2. The number of halogens is 2. The molecule has 18 heavy (non-hydrogen) atoms. The van der Waals surface area contributed by atoms with Gasteiger partial charge in [-0.3, -0.25) is 4.99 Å². The molecule has 1 aliphatic rings. The molecule has 98 valence electrons. The summed E-state index contributed by atoms with van der Waals surface area (Å²) in [5.74, 6) is 0.318. The van der Waals surface area contributed by atoms with Crippen molar-refractivity contribution in [3.8, 4) is 0 Å². The lowest BCUT2D eigenvalue weighted by atomic mass is 9.91. The second kappa shape index (κ2) is 4.88. The van der Waals surface area contributed by atoms with E-state index in [2.05, 4.69) is 39.7 Å². The molecule has 1 atom stereocenters. The summed E-state index contributed by atoms with van der Waals surface area (Å²) in [6.45, 7) is 5.63. The third-order valence-corrected chi connectivity index (χ3v) is 4.04. The second-order valence-corrected chi connectivity index (χ2v) is 5.58. The molecule has 1 aromatic rings. The van der Waals surface area contributed by atoms with Crippen LogP contribution in [0.2, 0.25) is 0 Å². The molecule has 1 aromatic carbocycles. The number of aliphatic imine (C=N–C) groups is 1. The maximum absolute atomic E-state index is 13.2. The van der Waals surface area contributed by atoms with Crippen molar-refractivity contribution in [3.63, 3.8) is 0 Å². The molecule has 0 fully saturated rings. The molecule has 1 heterocycles. The fourth-order valence-corrected chi connectivity index (χ4v) is 3.18. The predicted octanol–water partition coefficient (Wildman–Crippen LogP) is 2.84. The molecular weight excluding hydrogens is 297 g/mol. The van der Waals surface area contributed by atoms with Crippen molar-refractivity contribution in [3.05, 3.63) is 34.1 Å². The minimum Gasteiger partial charge on any atom is -0.370 e. The molecule has 2 N–H and O–H groups in total. The molecule has 1 unspecified atom stereocenters. The van der Waals surface area contributed by atoms with Crippen LogP contribution >= 0.6 is 15.9 Å². The zero-order chi connectivity index (χ0) is 13.3. The van der Waals surface area contributed by atoms with Crippen LogP contribution in [0.15, 0.2) is 27.7 Å². The molecule has 0 spiro atoms. The highest BCUT2D eigenvalue weighted by Crippen LogP contribution is 2.37. The van der Waals surface area contributed by atoms with Crippen LogP contribution in [0.3, 0.4) is 0 Å². The molecule has 0 saturated heterocycles. The summed E-state index contributed by atoms with van der Waals surface area (Å²) in [5, 5.41) is 0. The Morgan fingerprint density at radius 2 is 2.28 bits per heavy atom. The minimum atomic E-state index is -0.299. The fourth-order valence-electron chi connectivity index (χ4n) is 2.40. The lowest BCUT2D eigenvalue weighted by molar-refractivity contribution is 0.224. The number of hydrogen-bond acceptors (Lipinski definition) is 3. The standard InChI is InChI=1S/C13H17BrFN3/c1-3-6-18-12(16)17-8-13(18,2)10-5-4-9(15)7-11(10)14/h4-5,7H,3,6,8H2,1-2H3,(H2,16,17). The van der Waals surface area contributed by atoms with E-state index in [0.717, 1.165) is 23.0 Å². The largest absolute Gasteiger partial charge is 0.370 e. The summed E-state index contributed by atoms with van der Waals surface area (Å²) < 4.78 is 13.9. The number of hydrogen-bond donors (Lipinski definition) is 1. The third-order valence-electron chi connectivity index (χ3n) is 3.38. The van der Waals surface area contributed by atoms with Crippen LogP contribution in [0, 0.1) is 5.82 Å². The van der Waals surface area contributed by atoms with Crippen LogP contribution in [-0.2, 0) is 5.54 Å². The highest BCUT2D eigenvalue weighted by Gasteiger charge is 2.40. The summed E-state index contributed by atoms with van der Waals surface area (Å²) in [6, 6.07) is 4.76. The Labute approximate surface area is 115 Å². The Bertz CT molecular complexity index is 489. The average molecular weight is 314 g/mol. The van der Waals surface area contributed by atoms with Gasteiger partial charge in [0.25, 0.3) is 0 Å². The van der Waals surface area contributed by atoms with Gasteiger partial charge in [0, 0.05) is 11.0 Å². The van der Waals surface area contributed by atoms with Gasteiger partial charge in [-0.2, -0.15) is 0 Å². The van der Waals surface area contributed by atoms with E-state index in [1.165, 1.54) is 12.1 Å². The van der Waals surface area contributed by atoms with Crippen LogP contribution in [0.1, 0.15) is 25.8 Å². The van der Waals surface area contributed by atoms with Crippen molar-refractivity contribution in [1.82, 2.24) is 4.90 Å². The highest BCUT2D eigenvalue weighted by atomic mass is 79.9. The summed E-state index contributed by atoms with van der Waals surface area (Å²) in [4.78, 5) is 6.42. The molecule has 0 saturated carbocycles. The molecule has 0 aliphatic carbocycles. The zero-order valence-electron chi connectivity index (χ0n) is 10.6. The van der Waals surface area contributed by atoms with Gasteiger partial charge in [0.15, 0.2) is 5.96 Å². The third kappa shape index (κ3) is 2.11. The quantitative estimate of drug-likeness (QED) is 0.932. The molecular formula is C13H17BrFN3. The van der Waals surface area contributed by atoms with Crippen molar-refractivity contribution in [2.45, 2.75) is 25.8 Å². The SMILES string of the molecule is CCCN1C(N)=NCC1(C)c1ccc(F)cc1Br. The summed E-state index contributed by atoms with van der Waals surface area (Å²) >= 11 is 3.43. The van der Waals surface area contributed by atoms with Crippen molar-refractivity contribution < 1.29 is 4.39 Å². The first-order chi connectivity index (χ1) is 8.49. The Balaban J connectivity index is 2.42. The Hall–Kier alpha value is -1.10.